The molecule has 0 saturated carbocycles. The number of nitrogens with one attached hydrogen (secondary N) is 1. The Bertz CT molecular complexity index is 1480. The lowest BCUT2D eigenvalue weighted by Crippen LogP contribution is -2.37. The third kappa shape index (κ3) is 9.94. The molecule has 3 aromatic carbocycles. The number of thiol groups is 1. The van der Waals surface area contributed by atoms with Gasteiger partial charge in [-0.1, -0.05) is 79.7 Å². The molecule has 2 N–H and O–H groups in total. The predicted octanol–water partition coefficient (Wildman–Crippen LogP) is 4.02. The van der Waals surface area contributed by atoms with Gasteiger partial charge in [0.25, 0.3) is 15.9 Å². The van der Waals surface area contributed by atoms with Crippen molar-refractivity contribution in [2.24, 2.45) is 0 Å². The van der Waals surface area contributed by atoms with Crippen LogP contribution in [-0.4, -0.2) is 66.0 Å². The highest BCUT2D eigenvalue weighted by molar-refractivity contribution is 7.90. The zero-order chi connectivity index (χ0) is 31.4. The summed E-state index contributed by atoms with van der Waals surface area (Å²) < 4.78 is 27.7. The number of nitrogens with zero attached hydrogens (tertiary/aromatic N) is 2. The van der Waals surface area contributed by atoms with E-state index in [4.69, 9.17) is 0 Å². The molecule has 0 heterocycles. The van der Waals surface area contributed by atoms with E-state index in [2.05, 4.69) is 12.6 Å². The second-order valence-corrected chi connectivity index (χ2v) is 12.3. The minimum Gasteiger partial charge on any atom is -0.384 e. The highest BCUT2D eigenvalue weighted by atomic mass is 32.2. The molecule has 0 aliphatic carbocycles. The number of amides is 3. The van der Waals surface area contributed by atoms with E-state index in [1.165, 1.54) is 13.0 Å². The molecule has 0 aliphatic heterocycles. The topological polar surface area (TPSA) is 124 Å². The van der Waals surface area contributed by atoms with Crippen molar-refractivity contribution in [3.8, 4) is 11.1 Å². The first-order valence-corrected chi connectivity index (χ1v) is 16.3. The van der Waals surface area contributed by atoms with Gasteiger partial charge in [0.2, 0.25) is 11.8 Å². The third-order valence-electron chi connectivity index (χ3n) is 6.78. The molecule has 3 rings (SSSR count). The SMILES string of the molecule is CCCC(=O)N(CCC(=O)N(CCS)Cc1ccccc1)Cc1ccc(-c2ccccc2S(=O)(=O)NC(=O)C(C)O)cc1. The number of aliphatic hydroxyl groups is 1. The molecule has 0 aliphatic rings. The summed E-state index contributed by atoms with van der Waals surface area (Å²) >= 11 is 4.31. The second kappa shape index (κ2) is 16.3. The Balaban J connectivity index is 1.75. The fraction of sp³-hybridized carbons (Fsp3) is 0.344. The first kappa shape index (κ1) is 33.8. The van der Waals surface area contributed by atoms with Crippen molar-refractivity contribution >= 4 is 40.4 Å². The number of benzene rings is 3. The molecular weight excluding hydrogens is 587 g/mol. The highest BCUT2D eigenvalue weighted by Crippen LogP contribution is 2.28. The van der Waals surface area contributed by atoms with Crippen molar-refractivity contribution in [3.63, 3.8) is 0 Å². The van der Waals surface area contributed by atoms with E-state index < -0.39 is 22.0 Å². The van der Waals surface area contributed by atoms with E-state index in [1.54, 1.807) is 40.1 Å². The maximum Gasteiger partial charge on any atom is 0.264 e. The van der Waals surface area contributed by atoms with Crippen molar-refractivity contribution in [1.29, 1.82) is 0 Å². The van der Waals surface area contributed by atoms with E-state index >= 15 is 0 Å². The molecule has 9 nitrogen and oxygen atoms in total. The standard InChI is InChI=1S/C32H39N3O6S2/c1-3-9-30(37)34(19-18-31(38)35(20-21-42)22-25-10-5-4-6-11-25)23-26-14-16-27(17-15-26)28-12-7-8-13-29(28)43(40,41)33-32(39)24(2)36/h4-8,10-17,24,36,42H,3,9,18-23H2,1-2H3,(H,33,39). The fourth-order valence-corrected chi connectivity index (χ4v) is 6.01. The van der Waals surface area contributed by atoms with Gasteiger partial charge in [0.05, 0.1) is 4.90 Å². The molecule has 230 valence electrons. The lowest BCUT2D eigenvalue weighted by Gasteiger charge is -2.26. The van der Waals surface area contributed by atoms with Gasteiger partial charge < -0.3 is 14.9 Å². The van der Waals surface area contributed by atoms with E-state index in [0.29, 0.717) is 49.4 Å². The minimum atomic E-state index is -4.23. The Kier molecular flexibility index (Phi) is 12.8. The zero-order valence-corrected chi connectivity index (χ0v) is 26.2. The summed E-state index contributed by atoms with van der Waals surface area (Å²) in [6, 6.07) is 23.1. The summed E-state index contributed by atoms with van der Waals surface area (Å²) in [4.78, 5) is 41.4. The number of rotatable bonds is 15. The Morgan fingerprint density at radius 2 is 1.37 bits per heavy atom. The van der Waals surface area contributed by atoms with Gasteiger partial charge in [0.1, 0.15) is 6.10 Å². The van der Waals surface area contributed by atoms with Gasteiger partial charge in [-0.3, -0.25) is 14.4 Å². The second-order valence-electron chi connectivity index (χ2n) is 10.2. The van der Waals surface area contributed by atoms with Crippen LogP contribution in [0.3, 0.4) is 0 Å². The van der Waals surface area contributed by atoms with Crippen molar-refractivity contribution in [2.45, 2.75) is 57.2 Å². The van der Waals surface area contributed by atoms with Crippen LogP contribution in [0, 0.1) is 0 Å². The average molecular weight is 626 g/mol. The first-order valence-electron chi connectivity index (χ1n) is 14.2. The molecule has 0 fully saturated rings. The van der Waals surface area contributed by atoms with Gasteiger partial charge in [-0.2, -0.15) is 12.6 Å². The van der Waals surface area contributed by atoms with Gasteiger partial charge in [-0.05, 0) is 36.1 Å². The number of carbonyl (C=O) groups is 3. The van der Waals surface area contributed by atoms with E-state index in [9.17, 15) is 27.9 Å². The number of carbonyl (C=O) groups excluding carboxylic acids is 3. The third-order valence-corrected chi connectivity index (χ3v) is 8.39. The number of hydrogen-bond donors (Lipinski definition) is 3. The Hall–Kier alpha value is -3.67. The molecular formula is C32H39N3O6S2. The molecule has 11 heteroatoms. The van der Waals surface area contributed by atoms with Gasteiger partial charge >= 0.3 is 0 Å². The number of hydrogen-bond acceptors (Lipinski definition) is 7. The summed E-state index contributed by atoms with van der Waals surface area (Å²) in [6.45, 7) is 4.65. The van der Waals surface area contributed by atoms with Crippen molar-refractivity contribution in [1.82, 2.24) is 14.5 Å². The van der Waals surface area contributed by atoms with Crippen LogP contribution in [0.15, 0.2) is 83.8 Å². The average Bonchev–Trinajstić information content (AvgIpc) is 2.99. The molecule has 1 unspecified atom stereocenters. The molecule has 0 aromatic heterocycles. The molecule has 3 amide bonds. The minimum absolute atomic E-state index is 0.0477. The van der Waals surface area contributed by atoms with Crippen molar-refractivity contribution < 1.29 is 27.9 Å². The van der Waals surface area contributed by atoms with Crippen LogP contribution in [0.5, 0.6) is 0 Å². The number of aliphatic hydroxyl groups excluding tert-OH is 1. The molecule has 0 spiro atoms. The molecule has 43 heavy (non-hydrogen) atoms. The maximum absolute atomic E-state index is 13.2. The molecule has 1 atom stereocenters. The first-order chi connectivity index (χ1) is 20.6. The normalized spacial score (nSPS) is 11.9. The zero-order valence-electron chi connectivity index (χ0n) is 24.5. The number of sulfonamides is 1. The van der Waals surface area contributed by atoms with Crippen molar-refractivity contribution in [2.75, 3.05) is 18.8 Å². The Morgan fingerprint density at radius 3 is 1.98 bits per heavy atom. The van der Waals surface area contributed by atoms with Gasteiger partial charge in [-0.15, -0.1) is 0 Å². The van der Waals surface area contributed by atoms with E-state index in [-0.39, 0.29) is 29.7 Å². The van der Waals surface area contributed by atoms with Gasteiger partial charge in [0, 0.05) is 50.3 Å². The quantitative estimate of drug-likeness (QED) is 0.219. The lowest BCUT2D eigenvalue weighted by atomic mass is 10.0. The summed E-state index contributed by atoms with van der Waals surface area (Å²) in [5.74, 6) is -0.591. The monoisotopic (exact) mass is 625 g/mol. The predicted molar refractivity (Wildman–Crippen MR) is 170 cm³/mol. The van der Waals surface area contributed by atoms with E-state index in [0.717, 1.165) is 11.1 Å². The van der Waals surface area contributed by atoms with Crippen LogP contribution in [-0.2, 0) is 37.5 Å². The summed E-state index contributed by atoms with van der Waals surface area (Å²) in [5, 5.41) is 9.44. The molecule has 0 saturated heterocycles. The highest BCUT2D eigenvalue weighted by Gasteiger charge is 2.24. The fourth-order valence-electron chi connectivity index (χ4n) is 4.49. The van der Waals surface area contributed by atoms with Crippen LogP contribution in [0.1, 0.15) is 44.2 Å². The summed E-state index contributed by atoms with van der Waals surface area (Å²) in [6.07, 6.45) is -0.263. The van der Waals surface area contributed by atoms with Crippen LogP contribution >= 0.6 is 12.6 Å². The Labute approximate surface area is 259 Å². The van der Waals surface area contributed by atoms with Crippen molar-refractivity contribution in [3.05, 3.63) is 90.0 Å². The molecule has 3 aromatic rings. The van der Waals surface area contributed by atoms with E-state index in [1.807, 2.05) is 54.1 Å². The smallest absolute Gasteiger partial charge is 0.264 e. The summed E-state index contributed by atoms with van der Waals surface area (Å²) in [7, 11) is -4.23. The maximum atomic E-state index is 13.2. The summed E-state index contributed by atoms with van der Waals surface area (Å²) in [5.41, 5.74) is 2.82. The van der Waals surface area contributed by atoms with Gasteiger partial charge in [0.15, 0.2) is 0 Å². The van der Waals surface area contributed by atoms with Crippen LogP contribution < -0.4 is 4.72 Å². The van der Waals surface area contributed by atoms with Crippen LogP contribution in [0.4, 0.5) is 0 Å². The van der Waals surface area contributed by atoms with Gasteiger partial charge in [-0.25, -0.2) is 13.1 Å². The largest absolute Gasteiger partial charge is 0.384 e. The molecule has 0 radical (unpaired) electrons. The van der Waals surface area contributed by atoms with Crippen LogP contribution in [0.2, 0.25) is 0 Å². The Morgan fingerprint density at radius 1 is 0.814 bits per heavy atom. The van der Waals surface area contributed by atoms with Crippen LogP contribution in [0.25, 0.3) is 11.1 Å². The lowest BCUT2D eigenvalue weighted by molar-refractivity contribution is -0.135. The molecule has 0 bridgehead atoms.